The number of hydrogen-bond acceptors (Lipinski definition) is 3. The fourth-order valence-corrected chi connectivity index (χ4v) is 3.27. The second-order valence-corrected chi connectivity index (χ2v) is 7.38. The molecule has 25 heavy (non-hydrogen) atoms. The molecule has 0 aromatic heterocycles. The first-order valence-corrected chi connectivity index (χ1v) is 9.74. The molecule has 0 aliphatic carbocycles. The summed E-state index contributed by atoms with van der Waals surface area (Å²) >= 11 is 13.2. The molecule has 0 bridgehead atoms. The molecule has 0 atom stereocenters. The molecule has 2 aromatic rings. The van der Waals surface area contributed by atoms with Crippen LogP contribution in [0, 0.1) is 0 Å². The van der Waals surface area contributed by atoms with Crippen LogP contribution in [-0.4, -0.2) is 17.4 Å². The van der Waals surface area contributed by atoms with Gasteiger partial charge >= 0.3 is 0 Å². The first-order valence-electron chi connectivity index (χ1n) is 8.00. The number of Topliss-reactive ketones (excluding diaryl/α,β-unsaturated/α-hetero) is 1. The first-order chi connectivity index (χ1) is 12.0. The molecule has 0 aliphatic heterocycles. The van der Waals surface area contributed by atoms with Gasteiger partial charge in [0.2, 0.25) is 5.91 Å². The van der Waals surface area contributed by atoms with Gasteiger partial charge in [0.25, 0.3) is 0 Å². The molecule has 0 unspecified atom stereocenters. The van der Waals surface area contributed by atoms with Crippen LogP contribution in [0.5, 0.6) is 0 Å². The van der Waals surface area contributed by atoms with Gasteiger partial charge in [-0.3, -0.25) is 9.59 Å². The van der Waals surface area contributed by atoms with Gasteiger partial charge < -0.3 is 5.32 Å². The van der Waals surface area contributed by atoms with Crippen LogP contribution in [0.1, 0.15) is 36.5 Å². The molecular weight excluding hydrogens is 377 g/mol. The zero-order valence-corrected chi connectivity index (χ0v) is 16.2. The normalized spacial score (nSPS) is 10.5. The summed E-state index contributed by atoms with van der Waals surface area (Å²) in [4.78, 5) is 25.0. The van der Waals surface area contributed by atoms with E-state index in [1.807, 2.05) is 24.3 Å². The van der Waals surface area contributed by atoms with Crippen LogP contribution < -0.4 is 5.32 Å². The fourth-order valence-electron chi connectivity index (χ4n) is 2.13. The van der Waals surface area contributed by atoms with Gasteiger partial charge in [-0.25, -0.2) is 0 Å². The van der Waals surface area contributed by atoms with Crippen LogP contribution in [0.3, 0.4) is 0 Å². The van der Waals surface area contributed by atoms with Gasteiger partial charge in [0, 0.05) is 22.6 Å². The minimum Gasteiger partial charge on any atom is -0.326 e. The van der Waals surface area contributed by atoms with E-state index in [1.54, 1.807) is 18.2 Å². The molecule has 2 rings (SSSR count). The van der Waals surface area contributed by atoms with E-state index in [-0.39, 0.29) is 17.4 Å². The van der Waals surface area contributed by atoms with Crippen LogP contribution in [0.4, 0.5) is 5.69 Å². The quantitative estimate of drug-likeness (QED) is 0.433. The molecule has 0 radical (unpaired) electrons. The van der Waals surface area contributed by atoms with E-state index in [2.05, 4.69) is 12.2 Å². The van der Waals surface area contributed by atoms with Gasteiger partial charge in [0.05, 0.1) is 15.8 Å². The highest BCUT2D eigenvalue weighted by molar-refractivity contribution is 8.00. The summed E-state index contributed by atoms with van der Waals surface area (Å²) in [7, 11) is 0. The number of nitrogens with one attached hydrogen (secondary N) is 1. The minimum atomic E-state index is -0.0269. The Labute approximate surface area is 162 Å². The standard InChI is InChI=1S/C19H19Cl2NO2S/c1-2-3-7-19(24)22-14-5-4-6-15(11-14)25-12-18(23)13-8-9-16(20)17(21)10-13/h4-6,8-11H,2-3,7,12H2,1H3,(H,22,24). The third kappa shape index (κ3) is 6.38. The molecule has 3 nitrogen and oxygen atoms in total. The molecule has 132 valence electrons. The maximum Gasteiger partial charge on any atom is 0.224 e. The van der Waals surface area contributed by atoms with E-state index < -0.39 is 0 Å². The van der Waals surface area contributed by atoms with Gasteiger partial charge in [-0.15, -0.1) is 11.8 Å². The Morgan fingerprint density at radius 1 is 1.08 bits per heavy atom. The lowest BCUT2D eigenvalue weighted by Gasteiger charge is -2.07. The van der Waals surface area contributed by atoms with Crippen molar-refractivity contribution in [3.8, 4) is 0 Å². The van der Waals surface area contributed by atoms with Crippen molar-refractivity contribution in [3.63, 3.8) is 0 Å². The molecule has 0 aliphatic rings. The fraction of sp³-hybridized carbons (Fsp3) is 0.263. The van der Waals surface area contributed by atoms with Crippen molar-refractivity contribution in [1.82, 2.24) is 0 Å². The summed E-state index contributed by atoms with van der Waals surface area (Å²) in [6, 6.07) is 12.4. The molecule has 0 saturated carbocycles. The number of anilines is 1. The van der Waals surface area contributed by atoms with Gasteiger partial charge in [-0.1, -0.05) is 42.6 Å². The average Bonchev–Trinajstić information content (AvgIpc) is 2.60. The zero-order valence-electron chi connectivity index (χ0n) is 13.9. The van der Waals surface area contributed by atoms with Crippen LogP contribution >= 0.6 is 35.0 Å². The number of carbonyl (C=O) groups excluding carboxylic acids is 2. The van der Waals surface area contributed by atoms with Crippen LogP contribution in [0.15, 0.2) is 47.4 Å². The number of carbonyl (C=O) groups is 2. The molecule has 0 heterocycles. The van der Waals surface area contributed by atoms with E-state index in [0.29, 0.717) is 22.0 Å². The summed E-state index contributed by atoms with van der Waals surface area (Å²) in [6.45, 7) is 2.05. The van der Waals surface area contributed by atoms with Crippen LogP contribution in [0.25, 0.3) is 0 Å². The molecule has 1 N–H and O–H groups in total. The largest absolute Gasteiger partial charge is 0.326 e. The van der Waals surface area contributed by atoms with Crippen LogP contribution in [0.2, 0.25) is 10.0 Å². The number of thioether (sulfide) groups is 1. The van der Waals surface area contributed by atoms with Gasteiger partial charge in [-0.05, 0) is 42.8 Å². The Morgan fingerprint density at radius 3 is 2.60 bits per heavy atom. The minimum absolute atomic E-state index is 0.0101. The van der Waals surface area contributed by atoms with Crippen molar-refractivity contribution in [1.29, 1.82) is 0 Å². The second-order valence-electron chi connectivity index (χ2n) is 5.52. The topological polar surface area (TPSA) is 46.2 Å². The number of unbranched alkanes of at least 4 members (excludes halogenated alkanes) is 1. The molecule has 0 fully saturated rings. The lowest BCUT2D eigenvalue weighted by Crippen LogP contribution is -2.10. The highest BCUT2D eigenvalue weighted by Gasteiger charge is 2.10. The Kier molecular flexibility index (Phi) is 7.82. The second kappa shape index (κ2) is 9.85. The first kappa shape index (κ1) is 19.8. The monoisotopic (exact) mass is 395 g/mol. The number of amides is 1. The van der Waals surface area contributed by atoms with Crippen molar-refractivity contribution < 1.29 is 9.59 Å². The SMILES string of the molecule is CCCCC(=O)Nc1cccc(SCC(=O)c2ccc(Cl)c(Cl)c2)c1. The molecular formula is C19H19Cl2NO2S. The molecule has 0 saturated heterocycles. The summed E-state index contributed by atoms with van der Waals surface area (Å²) in [6.07, 6.45) is 2.38. The molecule has 6 heteroatoms. The lowest BCUT2D eigenvalue weighted by molar-refractivity contribution is -0.116. The number of rotatable bonds is 8. The van der Waals surface area contributed by atoms with Gasteiger partial charge in [0.1, 0.15) is 0 Å². The van der Waals surface area contributed by atoms with E-state index in [1.165, 1.54) is 11.8 Å². The Morgan fingerprint density at radius 2 is 1.88 bits per heavy atom. The van der Waals surface area contributed by atoms with Crippen molar-refractivity contribution in [2.24, 2.45) is 0 Å². The number of benzene rings is 2. The van der Waals surface area contributed by atoms with Crippen molar-refractivity contribution in [2.45, 2.75) is 31.1 Å². The van der Waals surface area contributed by atoms with E-state index in [0.717, 1.165) is 23.4 Å². The van der Waals surface area contributed by atoms with Gasteiger partial charge in [0.15, 0.2) is 5.78 Å². The van der Waals surface area contributed by atoms with E-state index in [4.69, 9.17) is 23.2 Å². The Balaban J connectivity index is 1.94. The maximum atomic E-state index is 12.3. The summed E-state index contributed by atoms with van der Waals surface area (Å²) < 4.78 is 0. The van der Waals surface area contributed by atoms with Crippen molar-refractivity contribution in [2.75, 3.05) is 11.1 Å². The average molecular weight is 396 g/mol. The number of ketones is 1. The summed E-state index contributed by atoms with van der Waals surface area (Å²) in [5, 5.41) is 3.68. The predicted molar refractivity (Wildman–Crippen MR) is 106 cm³/mol. The number of hydrogen-bond donors (Lipinski definition) is 1. The smallest absolute Gasteiger partial charge is 0.224 e. The van der Waals surface area contributed by atoms with Gasteiger partial charge in [-0.2, -0.15) is 0 Å². The molecule has 0 spiro atoms. The third-order valence-electron chi connectivity index (χ3n) is 3.49. The lowest BCUT2D eigenvalue weighted by atomic mass is 10.1. The number of halogens is 2. The Hall–Kier alpha value is -1.49. The zero-order chi connectivity index (χ0) is 18.2. The van der Waals surface area contributed by atoms with Crippen molar-refractivity contribution in [3.05, 3.63) is 58.1 Å². The summed E-state index contributed by atoms with van der Waals surface area (Å²) in [5.74, 6) is 0.266. The van der Waals surface area contributed by atoms with E-state index >= 15 is 0 Å². The Bertz CT molecular complexity index is 765. The maximum absolute atomic E-state index is 12.3. The van der Waals surface area contributed by atoms with E-state index in [9.17, 15) is 9.59 Å². The highest BCUT2D eigenvalue weighted by Crippen LogP contribution is 2.26. The third-order valence-corrected chi connectivity index (χ3v) is 5.22. The highest BCUT2D eigenvalue weighted by atomic mass is 35.5. The molecule has 1 amide bonds. The predicted octanol–water partition coefficient (Wildman–Crippen LogP) is 6.10. The van der Waals surface area contributed by atoms with Crippen molar-refractivity contribution >= 4 is 52.3 Å². The molecule has 2 aromatic carbocycles. The van der Waals surface area contributed by atoms with Crippen LogP contribution in [-0.2, 0) is 4.79 Å². The summed E-state index contributed by atoms with van der Waals surface area (Å²) in [5.41, 5.74) is 1.28.